The second-order valence-electron chi connectivity index (χ2n) is 6.15. The van der Waals surface area contributed by atoms with Crippen molar-refractivity contribution < 1.29 is 0 Å². The summed E-state index contributed by atoms with van der Waals surface area (Å²) in [5.41, 5.74) is 1.56. The maximum Gasteiger partial charge on any atom is 0.0451 e. The van der Waals surface area contributed by atoms with E-state index in [9.17, 15) is 0 Å². The number of nitrogens with zero attached hydrogens (tertiary/aromatic N) is 1. The van der Waals surface area contributed by atoms with E-state index in [0.29, 0.717) is 5.41 Å². The number of hydrogen-bond acceptors (Lipinski definition) is 2. The second kappa shape index (κ2) is 9.45. The van der Waals surface area contributed by atoms with Crippen LogP contribution in [0.2, 0.25) is 5.02 Å². The maximum atomic E-state index is 6.27. The molecule has 2 nitrogen and oxygen atoms in total. The van der Waals surface area contributed by atoms with E-state index in [-0.39, 0.29) is 0 Å². The van der Waals surface area contributed by atoms with E-state index < -0.39 is 0 Å². The fraction of sp³-hybridized carbons (Fsp3) is 0.667. The molecule has 0 saturated heterocycles. The van der Waals surface area contributed by atoms with E-state index >= 15 is 0 Å². The SMILES string of the molecule is CCCNCC(CC)(CC)CN(C)Cc1ccccc1Cl. The molecule has 0 aromatic heterocycles. The molecule has 0 fully saturated rings. The Morgan fingerprint density at radius 2 is 1.81 bits per heavy atom. The molecule has 0 unspecified atom stereocenters. The smallest absolute Gasteiger partial charge is 0.0451 e. The lowest BCUT2D eigenvalue weighted by Crippen LogP contribution is -2.42. The van der Waals surface area contributed by atoms with Crippen LogP contribution < -0.4 is 5.32 Å². The molecule has 0 aliphatic rings. The van der Waals surface area contributed by atoms with Crippen molar-refractivity contribution in [2.24, 2.45) is 5.41 Å². The topological polar surface area (TPSA) is 15.3 Å². The van der Waals surface area contributed by atoms with Crippen molar-refractivity contribution in [3.63, 3.8) is 0 Å². The molecule has 1 rings (SSSR count). The average molecular weight is 311 g/mol. The predicted octanol–water partition coefficient (Wildman–Crippen LogP) is 4.58. The van der Waals surface area contributed by atoms with E-state index in [4.69, 9.17) is 11.6 Å². The molecule has 0 heterocycles. The van der Waals surface area contributed by atoms with Gasteiger partial charge in [-0.05, 0) is 49.9 Å². The molecular weight excluding hydrogens is 280 g/mol. The van der Waals surface area contributed by atoms with Gasteiger partial charge in [-0.15, -0.1) is 0 Å². The van der Waals surface area contributed by atoms with E-state index in [0.717, 1.165) is 31.2 Å². The minimum absolute atomic E-state index is 0.352. The van der Waals surface area contributed by atoms with Crippen LogP contribution in [0.4, 0.5) is 0 Å². The Bertz CT molecular complexity index is 402. The Kier molecular flexibility index (Phi) is 8.31. The van der Waals surface area contributed by atoms with Gasteiger partial charge in [0.25, 0.3) is 0 Å². The minimum Gasteiger partial charge on any atom is -0.316 e. The van der Waals surface area contributed by atoms with Gasteiger partial charge in [0.2, 0.25) is 0 Å². The van der Waals surface area contributed by atoms with Crippen molar-refractivity contribution in [2.75, 3.05) is 26.7 Å². The van der Waals surface area contributed by atoms with Crippen LogP contribution in [0.25, 0.3) is 0 Å². The molecule has 0 radical (unpaired) electrons. The molecule has 3 heteroatoms. The number of rotatable bonds is 10. The van der Waals surface area contributed by atoms with Crippen LogP contribution in [0.3, 0.4) is 0 Å². The summed E-state index contributed by atoms with van der Waals surface area (Å²) in [6.45, 7) is 11.0. The highest BCUT2D eigenvalue weighted by Gasteiger charge is 2.27. The van der Waals surface area contributed by atoms with E-state index in [1.54, 1.807) is 0 Å². The molecule has 120 valence electrons. The van der Waals surface area contributed by atoms with Gasteiger partial charge in [-0.25, -0.2) is 0 Å². The molecule has 1 aromatic carbocycles. The molecule has 1 N–H and O–H groups in total. The first-order chi connectivity index (χ1) is 10.1. The Morgan fingerprint density at radius 3 is 2.38 bits per heavy atom. The van der Waals surface area contributed by atoms with Gasteiger partial charge in [0, 0.05) is 24.7 Å². The van der Waals surface area contributed by atoms with Gasteiger partial charge in [0.05, 0.1) is 0 Å². The highest BCUT2D eigenvalue weighted by molar-refractivity contribution is 6.31. The first kappa shape index (κ1) is 18.5. The molecule has 0 bridgehead atoms. The molecule has 0 saturated carbocycles. The Labute approximate surface area is 135 Å². The predicted molar refractivity (Wildman–Crippen MR) is 94.0 cm³/mol. The molecule has 0 aliphatic heterocycles. The van der Waals surface area contributed by atoms with Crippen molar-refractivity contribution in [2.45, 2.75) is 46.6 Å². The Balaban J connectivity index is 2.63. The van der Waals surface area contributed by atoms with Crippen LogP contribution in [0.1, 0.15) is 45.6 Å². The maximum absolute atomic E-state index is 6.27. The summed E-state index contributed by atoms with van der Waals surface area (Å²) in [6, 6.07) is 8.14. The highest BCUT2D eigenvalue weighted by atomic mass is 35.5. The third-order valence-electron chi connectivity index (χ3n) is 4.43. The summed E-state index contributed by atoms with van der Waals surface area (Å²) < 4.78 is 0. The van der Waals surface area contributed by atoms with Crippen molar-refractivity contribution in [1.82, 2.24) is 10.2 Å². The average Bonchev–Trinajstić information content (AvgIpc) is 2.49. The van der Waals surface area contributed by atoms with Gasteiger partial charge in [-0.2, -0.15) is 0 Å². The van der Waals surface area contributed by atoms with E-state index in [1.165, 1.54) is 24.8 Å². The molecule has 0 amide bonds. The standard InChI is InChI=1S/C18H31ClN2/c1-5-12-20-14-18(6-2,7-3)15-21(4)13-16-10-8-9-11-17(16)19/h8-11,20H,5-7,12-15H2,1-4H3. The van der Waals surface area contributed by atoms with E-state index in [1.807, 2.05) is 12.1 Å². The highest BCUT2D eigenvalue weighted by Crippen LogP contribution is 2.27. The zero-order valence-corrected chi connectivity index (χ0v) is 14.8. The van der Waals surface area contributed by atoms with Crippen LogP contribution >= 0.6 is 11.6 Å². The minimum atomic E-state index is 0.352. The Hall–Kier alpha value is -0.570. The van der Waals surface area contributed by atoms with Crippen LogP contribution in [0.15, 0.2) is 24.3 Å². The third-order valence-corrected chi connectivity index (χ3v) is 4.80. The van der Waals surface area contributed by atoms with Crippen molar-refractivity contribution >= 4 is 11.6 Å². The molecule has 1 aromatic rings. The summed E-state index contributed by atoms with van der Waals surface area (Å²) in [7, 11) is 2.20. The second-order valence-corrected chi connectivity index (χ2v) is 6.55. The van der Waals surface area contributed by atoms with Gasteiger partial charge in [0.15, 0.2) is 0 Å². The van der Waals surface area contributed by atoms with Gasteiger partial charge in [-0.3, -0.25) is 0 Å². The lowest BCUT2D eigenvalue weighted by molar-refractivity contribution is 0.151. The lowest BCUT2D eigenvalue weighted by Gasteiger charge is -2.36. The molecular formula is C18H31ClN2. The first-order valence-electron chi connectivity index (χ1n) is 8.19. The van der Waals surface area contributed by atoms with Gasteiger partial charge >= 0.3 is 0 Å². The van der Waals surface area contributed by atoms with Crippen molar-refractivity contribution in [3.05, 3.63) is 34.9 Å². The number of nitrogens with one attached hydrogen (secondary N) is 1. The number of hydrogen-bond donors (Lipinski definition) is 1. The molecule has 0 spiro atoms. The fourth-order valence-electron chi connectivity index (χ4n) is 2.86. The quantitative estimate of drug-likeness (QED) is 0.636. The first-order valence-corrected chi connectivity index (χ1v) is 8.57. The summed E-state index contributed by atoms with van der Waals surface area (Å²) in [5, 5.41) is 4.47. The summed E-state index contributed by atoms with van der Waals surface area (Å²) in [5.74, 6) is 0. The van der Waals surface area contributed by atoms with Crippen LogP contribution in [-0.4, -0.2) is 31.6 Å². The van der Waals surface area contributed by atoms with Gasteiger partial charge < -0.3 is 10.2 Å². The normalized spacial score (nSPS) is 12.1. The van der Waals surface area contributed by atoms with Gasteiger partial charge in [0.1, 0.15) is 0 Å². The van der Waals surface area contributed by atoms with Crippen LogP contribution in [0, 0.1) is 5.41 Å². The van der Waals surface area contributed by atoms with Crippen LogP contribution in [0.5, 0.6) is 0 Å². The fourth-order valence-corrected chi connectivity index (χ4v) is 3.05. The van der Waals surface area contributed by atoms with Gasteiger partial charge in [-0.1, -0.05) is 50.6 Å². The third kappa shape index (κ3) is 5.98. The molecule has 0 atom stereocenters. The van der Waals surface area contributed by atoms with Crippen LogP contribution in [-0.2, 0) is 6.54 Å². The number of halogens is 1. The lowest BCUT2D eigenvalue weighted by atomic mass is 9.81. The summed E-state index contributed by atoms with van der Waals surface area (Å²) >= 11 is 6.27. The molecule has 21 heavy (non-hydrogen) atoms. The summed E-state index contributed by atoms with van der Waals surface area (Å²) in [6.07, 6.45) is 3.60. The summed E-state index contributed by atoms with van der Waals surface area (Å²) in [4.78, 5) is 2.40. The zero-order valence-electron chi connectivity index (χ0n) is 14.1. The largest absolute Gasteiger partial charge is 0.316 e. The van der Waals surface area contributed by atoms with Crippen molar-refractivity contribution in [1.29, 1.82) is 0 Å². The van der Waals surface area contributed by atoms with Crippen molar-refractivity contribution in [3.8, 4) is 0 Å². The molecule has 0 aliphatic carbocycles. The zero-order chi connectivity index (χ0) is 15.7. The Morgan fingerprint density at radius 1 is 1.14 bits per heavy atom. The van der Waals surface area contributed by atoms with E-state index in [2.05, 4.69) is 50.2 Å². The number of benzene rings is 1. The monoisotopic (exact) mass is 310 g/mol.